The molecule has 0 unspecified atom stereocenters. The summed E-state index contributed by atoms with van der Waals surface area (Å²) in [5.74, 6) is 0.394. The van der Waals surface area contributed by atoms with Gasteiger partial charge in [-0.3, -0.25) is 5.10 Å². The number of piperidine rings is 2. The highest BCUT2D eigenvalue weighted by atomic mass is 19.1. The highest BCUT2D eigenvalue weighted by Crippen LogP contribution is 2.33. The number of aromatic nitrogens is 4. The van der Waals surface area contributed by atoms with Crippen LogP contribution in [0, 0.1) is 0 Å². The molecule has 2 aromatic heterocycles. The van der Waals surface area contributed by atoms with Crippen molar-refractivity contribution in [2.45, 2.75) is 50.0 Å². The van der Waals surface area contributed by atoms with Gasteiger partial charge in [-0.2, -0.15) is 5.10 Å². The third kappa shape index (κ3) is 3.55. The van der Waals surface area contributed by atoms with E-state index in [1.165, 1.54) is 0 Å². The number of ether oxygens (including phenoxy) is 1. The first kappa shape index (κ1) is 18.1. The fraction of sp³-hybridized carbons (Fsp3) is 0.381. The van der Waals surface area contributed by atoms with Crippen LogP contribution in [0.5, 0.6) is 11.6 Å². The summed E-state index contributed by atoms with van der Waals surface area (Å²) in [5.41, 5.74) is 2.72. The van der Waals surface area contributed by atoms with E-state index in [0.717, 1.165) is 30.5 Å². The first-order valence-corrected chi connectivity index (χ1v) is 9.91. The number of hydrogen-bond donors (Lipinski definition) is 3. The van der Waals surface area contributed by atoms with Gasteiger partial charge in [-0.05, 0) is 37.1 Å². The summed E-state index contributed by atoms with van der Waals surface area (Å²) in [7, 11) is 0. The lowest BCUT2D eigenvalue weighted by atomic mass is 9.84. The van der Waals surface area contributed by atoms with E-state index < -0.39 is 12.3 Å². The number of aromatic hydroxyl groups is 1. The molecule has 0 amide bonds. The summed E-state index contributed by atoms with van der Waals surface area (Å²) < 4.78 is 20.5. The Morgan fingerprint density at radius 3 is 2.79 bits per heavy atom. The molecular weight excluding hydrogens is 373 g/mol. The molecule has 2 aliphatic rings. The van der Waals surface area contributed by atoms with E-state index in [2.05, 4.69) is 25.7 Å². The molecule has 2 saturated heterocycles. The average Bonchev–Trinajstić information content (AvgIpc) is 3.28. The molecule has 4 atom stereocenters. The molecule has 29 heavy (non-hydrogen) atoms. The Labute approximate surface area is 167 Å². The van der Waals surface area contributed by atoms with E-state index in [1.807, 2.05) is 12.1 Å². The Morgan fingerprint density at radius 1 is 1.10 bits per heavy atom. The SMILES string of the molecule is Oc1cc(-c2ccn[nH]2)ccc1-c1ccc(O[C@@H]2C[C@H]3CCC[C@H](N3)[C@@H]2F)nn1. The van der Waals surface area contributed by atoms with Crippen LogP contribution in [0.25, 0.3) is 22.5 Å². The first-order valence-electron chi connectivity index (χ1n) is 9.91. The molecule has 1 aromatic carbocycles. The first-order chi connectivity index (χ1) is 14.2. The van der Waals surface area contributed by atoms with Crippen molar-refractivity contribution >= 4 is 0 Å². The summed E-state index contributed by atoms with van der Waals surface area (Å²) in [5, 5.41) is 28.8. The van der Waals surface area contributed by atoms with Gasteiger partial charge in [-0.15, -0.1) is 10.2 Å². The number of alkyl halides is 1. The Hall–Kier alpha value is -3.00. The summed E-state index contributed by atoms with van der Waals surface area (Å²) in [6.45, 7) is 0. The standard InChI is InChI=1S/C21H22FN5O2/c22-21-17-3-1-2-13(24-17)11-19(21)29-20-7-6-16(26-27-20)14-5-4-12(10-18(14)28)15-8-9-23-25-15/h4-10,13,17,19,21,24,28H,1-3,11H2,(H,23,25)/t13-,17+,19-,21+/m1/s1. The topological polar surface area (TPSA) is 96.0 Å². The number of H-pyrrole nitrogens is 1. The Kier molecular flexibility index (Phi) is 4.63. The monoisotopic (exact) mass is 395 g/mol. The number of halogens is 1. The Bertz CT molecular complexity index is 979. The minimum atomic E-state index is -1.05. The molecule has 150 valence electrons. The van der Waals surface area contributed by atoms with Crippen LogP contribution in [0.3, 0.4) is 0 Å². The van der Waals surface area contributed by atoms with Gasteiger partial charge in [0.25, 0.3) is 0 Å². The average molecular weight is 395 g/mol. The molecule has 3 aromatic rings. The molecule has 4 heterocycles. The number of phenolic OH excluding ortho intramolecular Hbond substituents is 1. The van der Waals surface area contributed by atoms with Gasteiger partial charge in [0.15, 0.2) is 6.17 Å². The van der Waals surface area contributed by atoms with Crippen LogP contribution in [0.4, 0.5) is 4.39 Å². The van der Waals surface area contributed by atoms with Crippen molar-refractivity contribution in [2.24, 2.45) is 0 Å². The van der Waals surface area contributed by atoms with Gasteiger partial charge in [0.1, 0.15) is 11.9 Å². The molecule has 8 heteroatoms. The molecule has 2 bridgehead atoms. The van der Waals surface area contributed by atoms with Gasteiger partial charge in [0.2, 0.25) is 5.88 Å². The van der Waals surface area contributed by atoms with Crippen LogP contribution in [0.2, 0.25) is 0 Å². The fourth-order valence-electron chi connectivity index (χ4n) is 4.29. The zero-order valence-corrected chi connectivity index (χ0v) is 15.8. The molecule has 0 spiro atoms. The maximum absolute atomic E-state index is 14.7. The van der Waals surface area contributed by atoms with E-state index in [9.17, 15) is 9.50 Å². The van der Waals surface area contributed by atoms with Gasteiger partial charge in [0, 0.05) is 41.9 Å². The van der Waals surface area contributed by atoms with Crippen molar-refractivity contribution in [3.8, 4) is 34.1 Å². The number of nitrogens with one attached hydrogen (secondary N) is 2. The minimum Gasteiger partial charge on any atom is -0.507 e. The Balaban J connectivity index is 1.31. The van der Waals surface area contributed by atoms with Crippen LogP contribution in [-0.4, -0.2) is 49.9 Å². The number of aromatic amines is 1. The van der Waals surface area contributed by atoms with Crippen molar-refractivity contribution in [2.75, 3.05) is 0 Å². The van der Waals surface area contributed by atoms with E-state index in [0.29, 0.717) is 29.6 Å². The molecule has 0 radical (unpaired) electrons. The lowest BCUT2D eigenvalue weighted by Crippen LogP contribution is -2.59. The molecule has 3 N–H and O–H groups in total. The van der Waals surface area contributed by atoms with Crippen LogP contribution in [0.15, 0.2) is 42.6 Å². The highest BCUT2D eigenvalue weighted by molar-refractivity contribution is 5.72. The second kappa shape index (κ2) is 7.44. The predicted octanol–water partition coefficient (Wildman–Crippen LogP) is 3.24. The quantitative estimate of drug-likeness (QED) is 0.628. The third-order valence-electron chi connectivity index (χ3n) is 5.77. The van der Waals surface area contributed by atoms with Gasteiger partial charge >= 0.3 is 0 Å². The van der Waals surface area contributed by atoms with Crippen LogP contribution >= 0.6 is 0 Å². The molecule has 0 saturated carbocycles. The van der Waals surface area contributed by atoms with Gasteiger partial charge in [-0.1, -0.05) is 12.5 Å². The minimum absolute atomic E-state index is 0.0927. The number of nitrogens with zero attached hydrogens (tertiary/aromatic N) is 3. The summed E-state index contributed by atoms with van der Waals surface area (Å²) >= 11 is 0. The number of hydrogen-bond acceptors (Lipinski definition) is 6. The zero-order valence-electron chi connectivity index (χ0n) is 15.8. The van der Waals surface area contributed by atoms with Gasteiger partial charge in [-0.25, -0.2) is 4.39 Å². The number of rotatable bonds is 4. The maximum atomic E-state index is 14.7. The smallest absolute Gasteiger partial charge is 0.233 e. The molecule has 0 aliphatic carbocycles. The van der Waals surface area contributed by atoms with Crippen molar-refractivity contribution in [3.05, 3.63) is 42.6 Å². The lowest BCUT2D eigenvalue weighted by Gasteiger charge is -2.42. The Morgan fingerprint density at radius 2 is 2.03 bits per heavy atom. The normalized spacial score (nSPS) is 26.2. The summed E-state index contributed by atoms with van der Waals surface area (Å²) in [4.78, 5) is 0. The molecular formula is C21H22FN5O2. The second-order valence-corrected chi connectivity index (χ2v) is 7.70. The van der Waals surface area contributed by atoms with Crippen molar-refractivity contribution in [1.82, 2.24) is 25.7 Å². The number of phenols is 1. The van der Waals surface area contributed by atoms with E-state index in [-0.39, 0.29) is 11.8 Å². The van der Waals surface area contributed by atoms with Crippen LogP contribution in [0.1, 0.15) is 25.7 Å². The predicted molar refractivity (Wildman–Crippen MR) is 105 cm³/mol. The highest BCUT2D eigenvalue weighted by Gasteiger charge is 2.41. The van der Waals surface area contributed by atoms with Gasteiger partial charge in [0.05, 0.1) is 11.4 Å². The fourth-order valence-corrected chi connectivity index (χ4v) is 4.29. The van der Waals surface area contributed by atoms with E-state index >= 15 is 0 Å². The van der Waals surface area contributed by atoms with Crippen LogP contribution in [-0.2, 0) is 0 Å². The number of fused-ring (bicyclic) bond motifs is 2. The van der Waals surface area contributed by atoms with Crippen LogP contribution < -0.4 is 10.1 Å². The van der Waals surface area contributed by atoms with Crippen molar-refractivity contribution < 1.29 is 14.2 Å². The summed E-state index contributed by atoms with van der Waals surface area (Å²) in [6.07, 6.45) is 3.70. The van der Waals surface area contributed by atoms with Crippen molar-refractivity contribution in [1.29, 1.82) is 0 Å². The van der Waals surface area contributed by atoms with Crippen molar-refractivity contribution in [3.63, 3.8) is 0 Å². The summed E-state index contributed by atoms with van der Waals surface area (Å²) in [6, 6.07) is 10.7. The van der Waals surface area contributed by atoms with Gasteiger partial charge < -0.3 is 15.2 Å². The maximum Gasteiger partial charge on any atom is 0.233 e. The third-order valence-corrected chi connectivity index (χ3v) is 5.77. The van der Waals surface area contributed by atoms with E-state index in [4.69, 9.17) is 4.74 Å². The largest absolute Gasteiger partial charge is 0.507 e. The molecule has 7 nitrogen and oxygen atoms in total. The van der Waals surface area contributed by atoms with E-state index in [1.54, 1.807) is 30.5 Å². The molecule has 5 rings (SSSR count). The lowest BCUT2D eigenvalue weighted by molar-refractivity contribution is 0.00652. The molecule has 2 fully saturated rings. The molecule has 2 aliphatic heterocycles. The zero-order chi connectivity index (χ0) is 19.8. The number of benzene rings is 1. The second-order valence-electron chi connectivity index (χ2n) is 7.70.